The second-order valence-corrected chi connectivity index (χ2v) is 7.12. The van der Waals surface area contributed by atoms with Crippen molar-refractivity contribution in [2.24, 2.45) is 0 Å². The van der Waals surface area contributed by atoms with Gasteiger partial charge >= 0.3 is 6.03 Å². The first-order chi connectivity index (χ1) is 13.5. The Morgan fingerprint density at radius 1 is 0.964 bits per heavy atom. The highest BCUT2D eigenvalue weighted by Gasteiger charge is 2.07. The van der Waals surface area contributed by atoms with Crippen molar-refractivity contribution in [1.82, 2.24) is 9.38 Å². The van der Waals surface area contributed by atoms with Gasteiger partial charge in [-0.1, -0.05) is 29.8 Å². The number of anilines is 2. The van der Waals surface area contributed by atoms with Gasteiger partial charge in [-0.2, -0.15) is 0 Å². The molecule has 5 nitrogen and oxygen atoms in total. The molecule has 140 valence electrons. The van der Waals surface area contributed by atoms with Crippen LogP contribution in [0.3, 0.4) is 0 Å². The first-order valence-corrected chi connectivity index (χ1v) is 9.26. The third kappa shape index (κ3) is 3.85. The van der Waals surface area contributed by atoms with E-state index < -0.39 is 0 Å². The summed E-state index contributed by atoms with van der Waals surface area (Å²) in [6, 6.07) is 16.8. The SMILES string of the molecule is Cc1ccn2cc(-c3ccc(NC(=O)Nc4ccc(C)c(Cl)c4)cc3)nc2c1. The van der Waals surface area contributed by atoms with Crippen LogP contribution < -0.4 is 10.6 Å². The highest BCUT2D eigenvalue weighted by atomic mass is 35.5. The van der Waals surface area contributed by atoms with Gasteiger partial charge in [0.25, 0.3) is 0 Å². The van der Waals surface area contributed by atoms with Crippen molar-refractivity contribution < 1.29 is 4.79 Å². The van der Waals surface area contributed by atoms with Crippen LogP contribution in [0.1, 0.15) is 11.1 Å². The molecule has 0 bridgehead atoms. The van der Waals surface area contributed by atoms with Gasteiger partial charge in [-0.3, -0.25) is 0 Å². The molecule has 0 saturated heterocycles. The van der Waals surface area contributed by atoms with E-state index in [1.807, 2.05) is 79.2 Å². The molecule has 0 unspecified atom stereocenters. The van der Waals surface area contributed by atoms with Crippen LogP contribution in [0, 0.1) is 13.8 Å². The van der Waals surface area contributed by atoms with Gasteiger partial charge in [-0.25, -0.2) is 9.78 Å². The molecule has 0 atom stereocenters. The summed E-state index contributed by atoms with van der Waals surface area (Å²) >= 11 is 6.09. The van der Waals surface area contributed by atoms with Crippen molar-refractivity contribution in [3.8, 4) is 11.3 Å². The minimum atomic E-state index is -0.323. The summed E-state index contributed by atoms with van der Waals surface area (Å²) in [5, 5.41) is 6.21. The normalized spacial score (nSPS) is 10.8. The Kier molecular flexibility index (Phi) is 4.75. The van der Waals surface area contributed by atoms with Crippen LogP contribution in [0.25, 0.3) is 16.9 Å². The number of fused-ring (bicyclic) bond motifs is 1. The van der Waals surface area contributed by atoms with E-state index in [2.05, 4.69) is 15.6 Å². The molecule has 4 aromatic rings. The molecule has 0 saturated carbocycles. The second-order valence-electron chi connectivity index (χ2n) is 6.72. The smallest absolute Gasteiger partial charge is 0.308 e. The Balaban J connectivity index is 1.46. The Morgan fingerprint density at radius 3 is 2.43 bits per heavy atom. The zero-order chi connectivity index (χ0) is 19.7. The van der Waals surface area contributed by atoms with Crippen LogP contribution in [0.4, 0.5) is 16.2 Å². The van der Waals surface area contributed by atoms with Crippen LogP contribution in [-0.4, -0.2) is 15.4 Å². The number of rotatable bonds is 3. The third-order valence-electron chi connectivity index (χ3n) is 4.48. The number of hydrogen-bond donors (Lipinski definition) is 2. The molecule has 0 aliphatic carbocycles. The van der Waals surface area contributed by atoms with Crippen LogP contribution >= 0.6 is 11.6 Å². The molecule has 28 heavy (non-hydrogen) atoms. The van der Waals surface area contributed by atoms with Crippen molar-refractivity contribution in [1.29, 1.82) is 0 Å². The first-order valence-electron chi connectivity index (χ1n) is 8.88. The van der Waals surface area contributed by atoms with Crippen molar-refractivity contribution in [3.05, 3.63) is 83.1 Å². The quantitative estimate of drug-likeness (QED) is 0.456. The average Bonchev–Trinajstić information content (AvgIpc) is 3.08. The van der Waals surface area contributed by atoms with E-state index in [4.69, 9.17) is 11.6 Å². The Hall–Kier alpha value is -3.31. The number of aryl methyl sites for hydroxylation is 2. The molecule has 2 aromatic carbocycles. The number of imidazole rings is 1. The maximum atomic E-state index is 12.2. The summed E-state index contributed by atoms with van der Waals surface area (Å²) < 4.78 is 1.99. The summed E-state index contributed by atoms with van der Waals surface area (Å²) in [5.74, 6) is 0. The third-order valence-corrected chi connectivity index (χ3v) is 4.89. The standard InChI is InChI=1S/C22H19ClN4O/c1-14-9-10-27-13-20(26-21(27)11-14)16-4-7-17(8-5-16)24-22(28)25-18-6-3-15(2)19(23)12-18/h3-13H,1-2H3,(H2,24,25,28). The molecule has 2 heterocycles. The minimum absolute atomic E-state index is 0.323. The van der Waals surface area contributed by atoms with Gasteiger partial charge in [-0.05, 0) is 61.4 Å². The number of nitrogens with one attached hydrogen (secondary N) is 2. The number of amides is 2. The van der Waals surface area contributed by atoms with Crippen LogP contribution in [0.15, 0.2) is 67.0 Å². The summed E-state index contributed by atoms with van der Waals surface area (Å²) in [6.45, 7) is 3.96. The maximum absolute atomic E-state index is 12.2. The van der Waals surface area contributed by atoms with Crippen molar-refractivity contribution in [2.45, 2.75) is 13.8 Å². The van der Waals surface area contributed by atoms with E-state index in [1.54, 1.807) is 6.07 Å². The van der Waals surface area contributed by atoms with E-state index >= 15 is 0 Å². The molecule has 0 aliphatic rings. The minimum Gasteiger partial charge on any atom is -0.308 e. The highest BCUT2D eigenvalue weighted by Crippen LogP contribution is 2.23. The van der Waals surface area contributed by atoms with E-state index in [1.165, 1.54) is 5.56 Å². The monoisotopic (exact) mass is 390 g/mol. The molecule has 0 spiro atoms. The lowest BCUT2D eigenvalue weighted by Gasteiger charge is -2.09. The van der Waals surface area contributed by atoms with Crippen LogP contribution in [-0.2, 0) is 0 Å². The van der Waals surface area contributed by atoms with E-state index in [-0.39, 0.29) is 6.03 Å². The fourth-order valence-electron chi connectivity index (χ4n) is 2.91. The largest absolute Gasteiger partial charge is 0.323 e. The zero-order valence-electron chi connectivity index (χ0n) is 15.5. The molecule has 2 N–H and O–H groups in total. The van der Waals surface area contributed by atoms with Gasteiger partial charge in [0, 0.05) is 34.4 Å². The lowest BCUT2D eigenvalue weighted by molar-refractivity contribution is 0.262. The molecule has 0 aliphatic heterocycles. The summed E-state index contributed by atoms with van der Waals surface area (Å²) in [4.78, 5) is 16.9. The Labute approximate surface area is 168 Å². The molecule has 6 heteroatoms. The van der Waals surface area contributed by atoms with Gasteiger partial charge in [0.05, 0.1) is 5.69 Å². The fourth-order valence-corrected chi connectivity index (χ4v) is 3.09. The molecule has 4 rings (SSSR count). The topological polar surface area (TPSA) is 58.4 Å². The number of halogens is 1. The second kappa shape index (κ2) is 7.37. The Bertz CT molecular complexity index is 1170. The van der Waals surface area contributed by atoms with Crippen molar-refractivity contribution in [3.63, 3.8) is 0 Å². The summed E-state index contributed by atoms with van der Waals surface area (Å²) in [6.07, 6.45) is 3.99. The number of carbonyl (C=O) groups excluding carboxylic acids is 1. The number of nitrogens with zero attached hydrogens (tertiary/aromatic N) is 2. The maximum Gasteiger partial charge on any atom is 0.323 e. The first kappa shape index (κ1) is 18.1. The number of benzene rings is 2. The number of urea groups is 1. The lowest BCUT2D eigenvalue weighted by Crippen LogP contribution is -2.19. The molecule has 0 fully saturated rings. The predicted octanol–water partition coefficient (Wildman–Crippen LogP) is 5.92. The van der Waals surface area contributed by atoms with E-state index in [0.29, 0.717) is 16.4 Å². The van der Waals surface area contributed by atoms with Crippen molar-refractivity contribution in [2.75, 3.05) is 10.6 Å². The number of hydrogen-bond acceptors (Lipinski definition) is 2. The number of carbonyl (C=O) groups is 1. The highest BCUT2D eigenvalue weighted by molar-refractivity contribution is 6.31. The van der Waals surface area contributed by atoms with Crippen LogP contribution in [0.5, 0.6) is 0 Å². The predicted molar refractivity (Wildman–Crippen MR) is 114 cm³/mol. The van der Waals surface area contributed by atoms with Crippen LogP contribution in [0.2, 0.25) is 5.02 Å². The van der Waals surface area contributed by atoms with E-state index in [9.17, 15) is 4.79 Å². The average molecular weight is 391 g/mol. The van der Waals surface area contributed by atoms with Gasteiger partial charge < -0.3 is 15.0 Å². The van der Waals surface area contributed by atoms with Gasteiger partial charge in [0.1, 0.15) is 5.65 Å². The molecule has 2 aromatic heterocycles. The molecular formula is C22H19ClN4O. The lowest BCUT2D eigenvalue weighted by atomic mass is 10.1. The number of aromatic nitrogens is 2. The van der Waals surface area contributed by atoms with E-state index in [0.717, 1.165) is 22.5 Å². The van der Waals surface area contributed by atoms with Gasteiger partial charge in [0.2, 0.25) is 0 Å². The molecule has 2 amide bonds. The van der Waals surface area contributed by atoms with Crippen molar-refractivity contribution >= 4 is 34.7 Å². The fraction of sp³-hybridized carbons (Fsp3) is 0.0909. The molecule has 0 radical (unpaired) electrons. The summed E-state index contributed by atoms with van der Waals surface area (Å²) in [7, 11) is 0. The Morgan fingerprint density at radius 2 is 1.68 bits per heavy atom. The number of pyridine rings is 1. The zero-order valence-corrected chi connectivity index (χ0v) is 16.3. The summed E-state index contributed by atoms with van der Waals surface area (Å²) in [5.41, 5.74) is 6.25. The molecular weight excluding hydrogens is 372 g/mol. The van der Waals surface area contributed by atoms with Gasteiger partial charge in [0.15, 0.2) is 0 Å². The van der Waals surface area contributed by atoms with Gasteiger partial charge in [-0.15, -0.1) is 0 Å².